The van der Waals surface area contributed by atoms with Crippen molar-refractivity contribution in [3.8, 4) is 11.5 Å². The molecule has 8 nitrogen and oxygen atoms in total. The van der Waals surface area contributed by atoms with Crippen LogP contribution in [0, 0.1) is 0 Å². The van der Waals surface area contributed by atoms with Crippen LogP contribution in [-0.4, -0.2) is 24.8 Å². The molecule has 0 bridgehead atoms. The zero-order chi connectivity index (χ0) is 21.6. The maximum absolute atomic E-state index is 12.7. The van der Waals surface area contributed by atoms with Crippen LogP contribution < -0.4 is 20.2 Å². The molecular weight excluding hydrogens is 466 g/mol. The number of amides is 2. The van der Waals surface area contributed by atoms with Crippen molar-refractivity contribution < 1.29 is 23.5 Å². The normalized spacial score (nSPS) is 12.7. The van der Waals surface area contributed by atoms with Gasteiger partial charge in [0, 0.05) is 16.1 Å². The van der Waals surface area contributed by atoms with Crippen LogP contribution in [0.1, 0.15) is 21.7 Å². The summed E-state index contributed by atoms with van der Waals surface area (Å²) in [5, 5.41) is 6.56. The molecule has 0 saturated heterocycles. The monoisotopic (exact) mass is 481 g/mol. The minimum Gasteiger partial charge on any atom is -0.465 e. The van der Waals surface area contributed by atoms with Crippen LogP contribution in [0.5, 0.6) is 11.5 Å². The molecule has 4 rings (SSSR count). The predicted molar refractivity (Wildman–Crippen MR) is 117 cm³/mol. The van der Waals surface area contributed by atoms with Crippen molar-refractivity contribution in [1.82, 2.24) is 10.7 Å². The minimum atomic E-state index is -0.612. The molecule has 1 aliphatic rings. The molecule has 0 radical (unpaired) electrons. The number of fused-ring (bicyclic) bond motifs is 1. The van der Waals surface area contributed by atoms with E-state index in [1.807, 2.05) is 0 Å². The van der Waals surface area contributed by atoms with Crippen LogP contribution in [0.25, 0.3) is 6.08 Å². The molecule has 1 aromatic heterocycles. The lowest BCUT2D eigenvalue weighted by atomic mass is 10.2. The number of nitrogens with zero attached hydrogens (tertiary/aromatic N) is 1. The Balaban J connectivity index is 1.47. The summed E-state index contributed by atoms with van der Waals surface area (Å²) in [6.45, 7) is 0.172. The van der Waals surface area contributed by atoms with E-state index < -0.39 is 11.8 Å². The van der Waals surface area contributed by atoms with Gasteiger partial charge >= 0.3 is 0 Å². The summed E-state index contributed by atoms with van der Waals surface area (Å²) in [6, 6.07) is 15.4. The highest BCUT2D eigenvalue weighted by molar-refractivity contribution is 9.10. The smallest absolute Gasteiger partial charge is 0.288 e. The first-order valence-electron chi connectivity index (χ1n) is 9.14. The van der Waals surface area contributed by atoms with Gasteiger partial charge in [0.25, 0.3) is 11.8 Å². The maximum Gasteiger partial charge on any atom is 0.288 e. The fourth-order valence-corrected chi connectivity index (χ4v) is 2.95. The van der Waals surface area contributed by atoms with Gasteiger partial charge in [-0.15, -0.1) is 0 Å². The van der Waals surface area contributed by atoms with Gasteiger partial charge < -0.3 is 19.2 Å². The fraction of sp³-hybridized carbons (Fsp3) is 0.0455. The average Bonchev–Trinajstić information content (AvgIpc) is 3.45. The van der Waals surface area contributed by atoms with Gasteiger partial charge in [-0.1, -0.05) is 15.9 Å². The van der Waals surface area contributed by atoms with E-state index in [0.29, 0.717) is 28.4 Å². The van der Waals surface area contributed by atoms with Crippen molar-refractivity contribution in [2.24, 2.45) is 5.10 Å². The van der Waals surface area contributed by atoms with Gasteiger partial charge in [-0.3, -0.25) is 9.59 Å². The summed E-state index contributed by atoms with van der Waals surface area (Å²) in [6.07, 6.45) is 4.35. The Hall–Kier alpha value is -3.85. The van der Waals surface area contributed by atoms with Crippen molar-refractivity contribution in [1.29, 1.82) is 0 Å². The van der Waals surface area contributed by atoms with Gasteiger partial charge in [-0.2, -0.15) is 5.10 Å². The van der Waals surface area contributed by atoms with Gasteiger partial charge in [0.05, 0.1) is 12.5 Å². The van der Waals surface area contributed by atoms with Crippen LogP contribution in [0.15, 0.2) is 80.5 Å². The van der Waals surface area contributed by atoms with Gasteiger partial charge in [-0.25, -0.2) is 5.43 Å². The van der Waals surface area contributed by atoms with Gasteiger partial charge in [0.15, 0.2) is 11.5 Å². The molecule has 156 valence electrons. The largest absolute Gasteiger partial charge is 0.465 e. The molecule has 1 aliphatic heterocycles. The second kappa shape index (κ2) is 9.31. The van der Waals surface area contributed by atoms with E-state index in [2.05, 4.69) is 31.8 Å². The number of rotatable bonds is 6. The average molecular weight is 482 g/mol. The second-order valence-electron chi connectivity index (χ2n) is 6.35. The second-order valence-corrected chi connectivity index (χ2v) is 7.26. The predicted octanol–water partition coefficient (Wildman–Crippen LogP) is 3.69. The first-order chi connectivity index (χ1) is 15.1. The highest BCUT2D eigenvalue weighted by Gasteiger charge is 2.16. The Morgan fingerprint density at radius 1 is 1.03 bits per heavy atom. The molecule has 2 aromatic carbocycles. The van der Waals surface area contributed by atoms with E-state index in [1.165, 1.54) is 18.6 Å². The summed E-state index contributed by atoms with van der Waals surface area (Å²) in [5.41, 5.74) is 3.48. The zero-order valence-corrected chi connectivity index (χ0v) is 17.6. The molecular formula is C22H16BrN3O5. The molecule has 0 unspecified atom stereocenters. The molecule has 0 fully saturated rings. The quantitative estimate of drug-likeness (QED) is 0.317. The molecule has 3 aromatic rings. The topological polar surface area (TPSA) is 102 Å². The van der Waals surface area contributed by atoms with Gasteiger partial charge in [0.1, 0.15) is 11.5 Å². The third-order valence-electron chi connectivity index (χ3n) is 4.21. The third kappa shape index (κ3) is 5.20. The summed E-state index contributed by atoms with van der Waals surface area (Å²) in [5.74, 6) is 0.607. The summed E-state index contributed by atoms with van der Waals surface area (Å²) >= 11 is 3.32. The first-order valence-corrected chi connectivity index (χ1v) is 9.93. The lowest BCUT2D eigenvalue weighted by Crippen LogP contribution is -2.32. The van der Waals surface area contributed by atoms with Crippen molar-refractivity contribution in [3.63, 3.8) is 0 Å². The fourth-order valence-electron chi connectivity index (χ4n) is 2.69. The number of hydrogen-bond acceptors (Lipinski definition) is 6. The molecule has 9 heteroatoms. The Morgan fingerprint density at radius 3 is 2.61 bits per heavy atom. The van der Waals surface area contributed by atoms with Crippen LogP contribution in [0.4, 0.5) is 0 Å². The standard InChI is InChI=1S/C22H16BrN3O5/c23-16-6-4-15(5-7-16)21(27)25-18(11-17-2-1-9-29-17)22(28)26-24-12-14-3-8-19-20(10-14)31-13-30-19/h1-12H,13H2,(H,25,27)(H,26,28)/b18-11-,24-12+. The molecule has 31 heavy (non-hydrogen) atoms. The lowest BCUT2D eigenvalue weighted by Gasteiger charge is -2.08. The Kier molecular flexibility index (Phi) is 6.13. The molecule has 2 heterocycles. The van der Waals surface area contributed by atoms with Crippen LogP contribution in [0.2, 0.25) is 0 Å². The van der Waals surface area contributed by atoms with Crippen molar-refractivity contribution in [2.75, 3.05) is 6.79 Å². The van der Waals surface area contributed by atoms with E-state index in [-0.39, 0.29) is 12.5 Å². The lowest BCUT2D eigenvalue weighted by molar-refractivity contribution is -0.117. The molecule has 0 aliphatic carbocycles. The molecule has 0 saturated carbocycles. The van der Waals surface area contributed by atoms with Gasteiger partial charge in [0.2, 0.25) is 6.79 Å². The number of halogens is 1. The number of carbonyl (C=O) groups is 2. The van der Waals surface area contributed by atoms with E-state index in [0.717, 1.165) is 4.47 Å². The SMILES string of the molecule is O=C(N/N=C/c1ccc2c(c1)OCO2)/C(=C/c1ccco1)NC(=O)c1ccc(Br)cc1. The van der Waals surface area contributed by atoms with E-state index in [9.17, 15) is 9.59 Å². The number of hydrazone groups is 1. The Bertz CT molecular complexity index is 1150. The molecule has 0 spiro atoms. The number of ether oxygens (including phenoxy) is 2. The maximum atomic E-state index is 12.7. The van der Waals surface area contributed by atoms with Crippen LogP contribution in [-0.2, 0) is 4.79 Å². The molecule has 2 N–H and O–H groups in total. The highest BCUT2D eigenvalue weighted by atomic mass is 79.9. The molecule has 2 amide bonds. The Morgan fingerprint density at radius 2 is 1.84 bits per heavy atom. The third-order valence-corrected chi connectivity index (χ3v) is 4.73. The van der Waals surface area contributed by atoms with Crippen LogP contribution in [0.3, 0.4) is 0 Å². The van der Waals surface area contributed by atoms with E-state index >= 15 is 0 Å². The van der Waals surface area contributed by atoms with E-state index in [1.54, 1.807) is 54.6 Å². The van der Waals surface area contributed by atoms with Crippen molar-refractivity contribution in [3.05, 3.63) is 87.9 Å². The number of carbonyl (C=O) groups excluding carboxylic acids is 2. The highest BCUT2D eigenvalue weighted by Crippen LogP contribution is 2.31. The minimum absolute atomic E-state index is 0.0225. The summed E-state index contributed by atoms with van der Waals surface area (Å²) in [7, 11) is 0. The number of furan rings is 1. The van der Waals surface area contributed by atoms with Gasteiger partial charge in [-0.05, 0) is 60.2 Å². The zero-order valence-electron chi connectivity index (χ0n) is 16.0. The summed E-state index contributed by atoms with van der Waals surface area (Å²) in [4.78, 5) is 25.2. The first kappa shape index (κ1) is 20.4. The molecule has 0 atom stereocenters. The number of benzene rings is 2. The Labute approximate surface area is 185 Å². The summed E-state index contributed by atoms with van der Waals surface area (Å²) < 4.78 is 16.7. The van der Waals surface area contributed by atoms with E-state index in [4.69, 9.17) is 13.9 Å². The van der Waals surface area contributed by atoms with Crippen molar-refractivity contribution in [2.45, 2.75) is 0 Å². The van der Waals surface area contributed by atoms with Crippen LogP contribution >= 0.6 is 15.9 Å². The number of hydrogen-bond donors (Lipinski definition) is 2. The number of nitrogens with one attached hydrogen (secondary N) is 2. The van der Waals surface area contributed by atoms with Crippen molar-refractivity contribution >= 4 is 40.0 Å².